The van der Waals surface area contributed by atoms with E-state index in [0.717, 1.165) is 24.6 Å². The van der Waals surface area contributed by atoms with E-state index in [2.05, 4.69) is 15.2 Å². The lowest BCUT2D eigenvalue weighted by Crippen LogP contribution is -2.44. The molecule has 1 aliphatic heterocycles. The fraction of sp³-hybridized carbons (Fsp3) is 0.818. The van der Waals surface area contributed by atoms with Crippen molar-refractivity contribution in [3.05, 3.63) is 0 Å². The van der Waals surface area contributed by atoms with E-state index in [9.17, 15) is 4.79 Å². The standard InChI is InChI=1S/C11H22N4OS.HI/c1-11(2,9(16)13-3)8-14-10(12)15-4-6-17-7-5-15;/h4-8H2,1-3H3,(H2,12,14)(H,13,16);1H. The van der Waals surface area contributed by atoms with Crippen molar-refractivity contribution in [3.63, 3.8) is 0 Å². The van der Waals surface area contributed by atoms with Gasteiger partial charge in [-0.3, -0.25) is 9.79 Å². The van der Waals surface area contributed by atoms with Crippen LogP contribution in [0.25, 0.3) is 0 Å². The minimum absolute atomic E-state index is 0. The number of carbonyl (C=O) groups excluding carboxylic acids is 1. The largest absolute Gasteiger partial charge is 0.370 e. The maximum atomic E-state index is 11.6. The van der Waals surface area contributed by atoms with Gasteiger partial charge >= 0.3 is 0 Å². The number of guanidine groups is 1. The molecule has 0 aromatic carbocycles. The number of nitrogens with zero attached hydrogens (tertiary/aromatic N) is 2. The van der Waals surface area contributed by atoms with Gasteiger partial charge in [0.25, 0.3) is 0 Å². The molecule has 0 bridgehead atoms. The Bertz CT molecular complexity index is 303. The van der Waals surface area contributed by atoms with E-state index >= 15 is 0 Å². The first-order chi connectivity index (χ1) is 7.97. The molecular formula is C11H23IN4OS. The number of rotatable bonds is 3. The number of halogens is 1. The van der Waals surface area contributed by atoms with Crippen molar-refractivity contribution in [1.29, 1.82) is 0 Å². The highest BCUT2D eigenvalue weighted by Crippen LogP contribution is 2.16. The smallest absolute Gasteiger partial charge is 0.227 e. The van der Waals surface area contributed by atoms with Crippen LogP contribution < -0.4 is 11.1 Å². The van der Waals surface area contributed by atoms with Crippen LogP contribution in [0.4, 0.5) is 0 Å². The van der Waals surface area contributed by atoms with Gasteiger partial charge in [-0.15, -0.1) is 24.0 Å². The second kappa shape index (κ2) is 8.08. The van der Waals surface area contributed by atoms with Crippen molar-refractivity contribution >= 4 is 47.6 Å². The summed E-state index contributed by atoms with van der Waals surface area (Å²) in [6.07, 6.45) is 0. The summed E-state index contributed by atoms with van der Waals surface area (Å²) in [4.78, 5) is 18.0. The van der Waals surface area contributed by atoms with E-state index in [1.165, 1.54) is 0 Å². The summed E-state index contributed by atoms with van der Waals surface area (Å²) in [5, 5.41) is 2.64. The van der Waals surface area contributed by atoms with Crippen LogP contribution in [0, 0.1) is 5.41 Å². The van der Waals surface area contributed by atoms with Crippen LogP contribution in [0.2, 0.25) is 0 Å². The van der Waals surface area contributed by atoms with Gasteiger partial charge in [-0.2, -0.15) is 11.8 Å². The SMILES string of the molecule is CNC(=O)C(C)(C)CN=C(N)N1CCSCC1.I. The van der Waals surface area contributed by atoms with Crippen molar-refractivity contribution in [1.82, 2.24) is 10.2 Å². The van der Waals surface area contributed by atoms with Crippen molar-refractivity contribution in [2.24, 2.45) is 16.1 Å². The van der Waals surface area contributed by atoms with Crippen LogP contribution in [0.5, 0.6) is 0 Å². The summed E-state index contributed by atoms with van der Waals surface area (Å²) in [7, 11) is 1.64. The minimum Gasteiger partial charge on any atom is -0.370 e. The molecule has 0 aromatic heterocycles. The number of thioether (sulfide) groups is 1. The maximum Gasteiger partial charge on any atom is 0.227 e. The Kier molecular flexibility index (Phi) is 8.00. The molecular weight excluding hydrogens is 363 g/mol. The molecule has 1 amide bonds. The predicted octanol–water partition coefficient (Wildman–Crippen LogP) is 0.740. The van der Waals surface area contributed by atoms with Crippen LogP contribution >= 0.6 is 35.7 Å². The number of hydrogen-bond acceptors (Lipinski definition) is 3. The van der Waals surface area contributed by atoms with Gasteiger partial charge in [0, 0.05) is 31.6 Å². The van der Waals surface area contributed by atoms with Gasteiger partial charge in [-0.25, -0.2) is 0 Å². The molecule has 1 heterocycles. The zero-order valence-corrected chi connectivity index (χ0v) is 14.4. The first-order valence-electron chi connectivity index (χ1n) is 5.82. The Morgan fingerprint density at radius 1 is 1.44 bits per heavy atom. The highest BCUT2D eigenvalue weighted by molar-refractivity contribution is 14.0. The molecule has 1 fully saturated rings. The molecule has 0 radical (unpaired) electrons. The quantitative estimate of drug-likeness (QED) is 0.427. The monoisotopic (exact) mass is 386 g/mol. The van der Waals surface area contributed by atoms with E-state index < -0.39 is 5.41 Å². The molecule has 1 rings (SSSR count). The second-order valence-electron chi connectivity index (χ2n) is 4.74. The van der Waals surface area contributed by atoms with Gasteiger partial charge in [0.15, 0.2) is 5.96 Å². The van der Waals surface area contributed by atoms with E-state index in [-0.39, 0.29) is 29.9 Å². The molecule has 3 N–H and O–H groups in total. The van der Waals surface area contributed by atoms with Crippen molar-refractivity contribution < 1.29 is 4.79 Å². The molecule has 18 heavy (non-hydrogen) atoms. The highest BCUT2D eigenvalue weighted by Gasteiger charge is 2.26. The van der Waals surface area contributed by atoms with Gasteiger partial charge in [-0.05, 0) is 13.8 Å². The third-order valence-electron chi connectivity index (χ3n) is 2.81. The molecule has 7 heteroatoms. The lowest BCUT2D eigenvalue weighted by molar-refractivity contribution is -0.128. The Morgan fingerprint density at radius 3 is 2.50 bits per heavy atom. The lowest BCUT2D eigenvalue weighted by atomic mass is 9.93. The molecule has 1 aliphatic rings. The van der Waals surface area contributed by atoms with Crippen molar-refractivity contribution in [2.45, 2.75) is 13.8 Å². The highest BCUT2D eigenvalue weighted by atomic mass is 127. The second-order valence-corrected chi connectivity index (χ2v) is 5.96. The molecule has 0 atom stereocenters. The molecule has 0 spiro atoms. The zero-order chi connectivity index (χ0) is 12.9. The molecule has 106 valence electrons. The molecule has 1 saturated heterocycles. The van der Waals surface area contributed by atoms with Gasteiger partial charge in [0.05, 0.1) is 12.0 Å². The van der Waals surface area contributed by atoms with E-state index in [0.29, 0.717) is 12.5 Å². The number of carbonyl (C=O) groups is 1. The Labute approximate surface area is 130 Å². The predicted molar refractivity (Wildman–Crippen MR) is 88.7 cm³/mol. The minimum atomic E-state index is -0.510. The van der Waals surface area contributed by atoms with Crippen LogP contribution in [0.3, 0.4) is 0 Å². The van der Waals surface area contributed by atoms with Gasteiger partial charge in [0.2, 0.25) is 5.91 Å². The first kappa shape index (κ1) is 17.8. The number of amides is 1. The topological polar surface area (TPSA) is 70.7 Å². The summed E-state index contributed by atoms with van der Waals surface area (Å²) in [6.45, 7) is 6.05. The lowest BCUT2D eigenvalue weighted by Gasteiger charge is -2.28. The summed E-state index contributed by atoms with van der Waals surface area (Å²) >= 11 is 1.93. The average molecular weight is 386 g/mol. The fourth-order valence-electron chi connectivity index (χ4n) is 1.58. The summed E-state index contributed by atoms with van der Waals surface area (Å²) in [5.41, 5.74) is 5.42. The number of nitrogens with one attached hydrogen (secondary N) is 1. The zero-order valence-electron chi connectivity index (χ0n) is 11.2. The molecule has 0 saturated carbocycles. The van der Waals surface area contributed by atoms with Crippen molar-refractivity contribution in [2.75, 3.05) is 38.2 Å². The van der Waals surface area contributed by atoms with E-state index in [1.807, 2.05) is 25.6 Å². The summed E-state index contributed by atoms with van der Waals surface area (Å²) in [6, 6.07) is 0. The third kappa shape index (κ3) is 5.21. The van der Waals surface area contributed by atoms with E-state index in [4.69, 9.17) is 5.73 Å². The summed E-state index contributed by atoms with van der Waals surface area (Å²) < 4.78 is 0. The van der Waals surface area contributed by atoms with Crippen LogP contribution in [-0.2, 0) is 4.79 Å². The Morgan fingerprint density at radius 2 is 2.00 bits per heavy atom. The Hall–Kier alpha value is -0.180. The van der Waals surface area contributed by atoms with Gasteiger partial charge in [-0.1, -0.05) is 0 Å². The van der Waals surface area contributed by atoms with E-state index in [1.54, 1.807) is 7.05 Å². The normalized spacial score (nSPS) is 17.1. The summed E-state index contributed by atoms with van der Waals surface area (Å²) in [5.74, 6) is 2.73. The van der Waals surface area contributed by atoms with Gasteiger partial charge < -0.3 is 16.0 Å². The number of hydrogen-bond donors (Lipinski definition) is 2. The van der Waals surface area contributed by atoms with Crippen LogP contribution in [-0.4, -0.2) is 55.0 Å². The molecule has 5 nitrogen and oxygen atoms in total. The Balaban J connectivity index is 0.00000289. The van der Waals surface area contributed by atoms with Crippen LogP contribution in [0.15, 0.2) is 4.99 Å². The average Bonchev–Trinajstić information content (AvgIpc) is 2.36. The third-order valence-corrected chi connectivity index (χ3v) is 3.76. The molecule has 0 unspecified atom stereocenters. The maximum absolute atomic E-state index is 11.6. The molecule has 0 aromatic rings. The van der Waals surface area contributed by atoms with Crippen molar-refractivity contribution in [3.8, 4) is 0 Å². The molecule has 0 aliphatic carbocycles. The fourth-order valence-corrected chi connectivity index (χ4v) is 2.48. The van der Waals surface area contributed by atoms with Gasteiger partial charge in [0.1, 0.15) is 0 Å². The number of aliphatic imine (C=N–C) groups is 1. The number of nitrogens with two attached hydrogens (primary N) is 1. The first-order valence-corrected chi connectivity index (χ1v) is 6.97. The van der Waals surface area contributed by atoms with Crippen LogP contribution in [0.1, 0.15) is 13.8 Å².